The summed E-state index contributed by atoms with van der Waals surface area (Å²) in [6.07, 6.45) is 9.91. The van der Waals surface area contributed by atoms with Gasteiger partial charge in [0.05, 0.1) is 22.4 Å². The SMILES string of the molecule is CS(=O)(=O)NC(=O)C1CCN(c2ccc3c(C(=O)NCC45CC6CC(CC(C6)C4)C5)c(Cl)ccc3n2)CC1. The highest BCUT2D eigenvalue weighted by Crippen LogP contribution is 2.59. The molecular weight excluding hydrogens is 524 g/mol. The Morgan fingerprint density at radius 1 is 1.03 bits per heavy atom. The summed E-state index contributed by atoms with van der Waals surface area (Å²) in [5.74, 6) is 2.34. The maximum absolute atomic E-state index is 13.4. The number of fused-ring (bicyclic) bond motifs is 1. The minimum absolute atomic E-state index is 0.136. The fourth-order valence-electron chi connectivity index (χ4n) is 8.07. The van der Waals surface area contributed by atoms with Crippen molar-refractivity contribution in [1.82, 2.24) is 15.0 Å². The quantitative estimate of drug-likeness (QED) is 0.552. The molecule has 2 amide bonds. The molecule has 7 rings (SSSR count). The van der Waals surface area contributed by atoms with Gasteiger partial charge >= 0.3 is 0 Å². The summed E-state index contributed by atoms with van der Waals surface area (Å²) in [5, 5.41) is 4.41. The Kier molecular flexibility index (Phi) is 6.58. The van der Waals surface area contributed by atoms with Crippen molar-refractivity contribution in [2.45, 2.75) is 51.4 Å². The van der Waals surface area contributed by atoms with E-state index in [0.29, 0.717) is 42.0 Å². The molecule has 2 N–H and O–H groups in total. The number of nitrogens with zero attached hydrogens (tertiary/aromatic N) is 2. The largest absolute Gasteiger partial charge is 0.357 e. The molecule has 4 saturated carbocycles. The van der Waals surface area contributed by atoms with Crippen molar-refractivity contribution in [3.63, 3.8) is 0 Å². The lowest BCUT2D eigenvalue weighted by atomic mass is 9.49. The fourth-order valence-corrected chi connectivity index (χ4v) is 8.86. The van der Waals surface area contributed by atoms with Crippen LogP contribution in [0.5, 0.6) is 0 Å². The molecule has 1 saturated heterocycles. The molecule has 1 aromatic carbocycles. The van der Waals surface area contributed by atoms with E-state index in [1.807, 2.05) is 18.2 Å². The van der Waals surface area contributed by atoms with Gasteiger partial charge in [-0.25, -0.2) is 13.4 Å². The summed E-state index contributed by atoms with van der Waals surface area (Å²) in [7, 11) is -3.56. The lowest BCUT2D eigenvalue weighted by molar-refractivity contribution is -0.123. The lowest BCUT2D eigenvalue weighted by Crippen LogP contribution is -2.51. The molecule has 0 atom stereocenters. The summed E-state index contributed by atoms with van der Waals surface area (Å²) in [6.45, 7) is 1.90. The predicted octanol–water partition coefficient (Wildman–Crippen LogP) is 4.13. The van der Waals surface area contributed by atoms with Crippen molar-refractivity contribution in [2.75, 3.05) is 30.8 Å². The van der Waals surface area contributed by atoms with Crippen LogP contribution in [0, 0.1) is 29.1 Å². The number of hydrogen-bond acceptors (Lipinski definition) is 6. The number of pyridine rings is 1. The number of benzene rings is 1. The highest BCUT2D eigenvalue weighted by atomic mass is 35.5. The summed E-state index contributed by atoms with van der Waals surface area (Å²) in [5.41, 5.74) is 1.42. The third-order valence-electron chi connectivity index (χ3n) is 9.30. The molecule has 4 bridgehead atoms. The smallest absolute Gasteiger partial charge is 0.253 e. The minimum Gasteiger partial charge on any atom is -0.357 e. The monoisotopic (exact) mass is 558 g/mol. The second kappa shape index (κ2) is 9.66. The van der Waals surface area contributed by atoms with Crippen molar-refractivity contribution in [3.05, 3.63) is 34.9 Å². The number of hydrogen-bond donors (Lipinski definition) is 2. The van der Waals surface area contributed by atoms with E-state index in [1.165, 1.54) is 38.5 Å². The molecular formula is C28H35ClN4O4S. The van der Waals surface area contributed by atoms with Crippen LogP contribution in [0.25, 0.3) is 10.9 Å². The van der Waals surface area contributed by atoms with Crippen LogP contribution in [0.3, 0.4) is 0 Å². The number of carbonyl (C=O) groups excluding carboxylic acids is 2. The first-order valence-corrected chi connectivity index (χ1v) is 16.0. The molecule has 4 aliphatic carbocycles. The topological polar surface area (TPSA) is 108 Å². The van der Waals surface area contributed by atoms with Crippen LogP contribution in [-0.2, 0) is 14.8 Å². The first-order chi connectivity index (χ1) is 18.1. The molecule has 10 heteroatoms. The van der Waals surface area contributed by atoms with Crippen molar-refractivity contribution < 1.29 is 18.0 Å². The van der Waals surface area contributed by atoms with Gasteiger partial charge in [-0.15, -0.1) is 0 Å². The Morgan fingerprint density at radius 3 is 2.26 bits per heavy atom. The van der Waals surface area contributed by atoms with E-state index >= 15 is 0 Å². The Labute approximate surface area is 228 Å². The summed E-state index contributed by atoms with van der Waals surface area (Å²) in [6, 6.07) is 7.38. The Morgan fingerprint density at radius 2 is 1.66 bits per heavy atom. The van der Waals surface area contributed by atoms with Crippen LogP contribution in [0.2, 0.25) is 5.02 Å². The molecule has 0 spiro atoms. The highest BCUT2D eigenvalue weighted by molar-refractivity contribution is 7.89. The number of nitrogens with one attached hydrogen (secondary N) is 2. The Hall–Kier alpha value is -2.39. The van der Waals surface area contributed by atoms with E-state index in [4.69, 9.17) is 16.6 Å². The first kappa shape index (κ1) is 25.9. The number of carbonyl (C=O) groups is 2. The second-order valence-corrected chi connectivity index (χ2v) is 14.4. The molecule has 1 aliphatic heterocycles. The van der Waals surface area contributed by atoms with E-state index in [9.17, 15) is 18.0 Å². The highest BCUT2D eigenvalue weighted by Gasteiger charge is 2.50. The van der Waals surface area contributed by atoms with E-state index in [0.717, 1.165) is 41.8 Å². The van der Waals surface area contributed by atoms with Crippen LogP contribution >= 0.6 is 11.6 Å². The zero-order chi connectivity index (χ0) is 26.7. The number of halogens is 1. The summed E-state index contributed by atoms with van der Waals surface area (Å²) >= 11 is 6.55. The van der Waals surface area contributed by atoms with Crippen molar-refractivity contribution in [2.24, 2.45) is 29.1 Å². The minimum atomic E-state index is -3.56. The lowest BCUT2D eigenvalue weighted by Gasteiger charge is -2.56. The average Bonchev–Trinajstić information content (AvgIpc) is 2.85. The van der Waals surface area contributed by atoms with Gasteiger partial charge in [0.1, 0.15) is 5.82 Å². The van der Waals surface area contributed by atoms with Crippen LogP contribution in [0.4, 0.5) is 5.82 Å². The molecule has 0 radical (unpaired) electrons. The fraction of sp³-hybridized carbons (Fsp3) is 0.607. The van der Waals surface area contributed by atoms with Gasteiger partial charge in [0, 0.05) is 30.9 Å². The van der Waals surface area contributed by atoms with E-state index < -0.39 is 15.9 Å². The zero-order valence-corrected chi connectivity index (χ0v) is 23.3. The molecule has 38 heavy (non-hydrogen) atoms. The van der Waals surface area contributed by atoms with Gasteiger partial charge in [0.2, 0.25) is 15.9 Å². The second-order valence-electron chi connectivity index (χ2n) is 12.3. The third-order valence-corrected chi connectivity index (χ3v) is 10.2. The number of piperidine rings is 1. The Bertz CT molecular complexity index is 1350. The van der Waals surface area contributed by atoms with Crippen LogP contribution in [0.1, 0.15) is 61.7 Å². The van der Waals surface area contributed by atoms with E-state index in [-0.39, 0.29) is 17.2 Å². The zero-order valence-electron chi connectivity index (χ0n) is 21.7. The van der Waals surface area contributed by atoms with Gasteiger partial charge in [-0.3, -0.25) is 14.3 Å². The molecule has 2 aromatic rings. The number of anilines is 1. The van der Waals surface area contributed by atoms with E-state index in [1.54, 1.807) is 6.07 Å². The van der Waals surface area contributed by atoms with Crippen molar-refractivity contribution >= 4 is 50.2 Å². The van der Waals surface area contributed by atoms with Gasteiger partial charge in [-0.2, -0.15) is 0 Å². The number of rotatable bonds is 6. The normalized spacial score (nSPS) is 29.0. The first-order valence-electron chi connectivity index (χ1n) is 13.7. The standard InChI is InChI=1S/C28H35ClN4O4S/c1-38(36,37)32-26(34)20-6-8-33(9-7-20)24-5-2-21-23(31-24)4-3-22(29)25(21)27(35)30-16-28-13-17-10-18(14-28)12-19(11-17)15-28/h2-5,17-20H,6-16H2,1H3,(H,30,35)(H,32,34). The van der Waals surface area contributed by atoms with Gasteiger partial charge in [0.15, 0.2) is 0 Å². The van der Waals surface area contributed by atoms with Gasteiger partial charge in [-0.1, -0.05) is 11.6 Å². The van der Waals surface area contributed by atoms with Crippen molar-refractivity contribution in [3.8, 4) is 0 Å². The number of aromatic nitrogens is 1. The van der Waals surface area contributed by atoms with Gasteiger partial charge in [-0.05, 0) is 98.8 Å². The molecule has 1 aromatic heterocycles. The van der Waals surface area contributed by atoms with Gasteiger partial charge < -0.3 is 10.2 Å². The maximum atomic E-state index is 13.4. The summed E-state index contributed by atoms with van der Waals surface area (Å²) < 4.78 is 24.9. The van der Waals surface area contributed by atoms with Crippen molar-refractivity contribution in [1.29, 1.82) is 0 Å². The Balaban J connectivity index is 1.15. The number of sulfonamides is 1. The molecule has 8 nitrogen and oxygen atoms in total. The third kappa shape index (κ3) is 5.11. The molecule has 204 valence electrons. The van der Waals surface area contributed by atoms with Gasteiger partial charge in [0.25, 0.3) is 5.91 Å². The average molecular weight is 559 g/mol. The van der Waals surface area contributed by atoms with Crippen LogP contribution in [-0.4, -0.2) is 51.1 Å². The summed E-state index contributed by atoms with van der Waals surface area (Å²) in [4.78, 5) is 32.6. The van der Waals surface area contributed by atoms with E-state index in [2.05, 4.69) is 14.9 Å². The molecule has 5 aliphatic rings. The predicted molar refractivity (Wildman–Crippen MR) is 148 cm³/mol. The van der Waals surface area contributed by atoms with Crippen LogP contribution in [0.15, 0.2) is 24.3 Å². The molecule has 0 unspecified atom stereocenters. The molecule has 5 fully saturated rings. The molecule has 2 heterocycles. The van der Waals surface area contributed by atoms with Crippen LogP contribution < -0.4 is 14.9 Å². The maximum Gasteiger partial charge on any atom is 0.253 e. The number of amides is 2.